The van der Waals surface area contributed by atoms with Gasteiger partial charge >= 0.3 is 0 Å². The predicted octanol–water partition coefficient (Wildman–Crippen LogP) is 5.80. The number of para-hydroxylation sites is 1. The molecule has 0 unspecified atom stereocenters. The lowest BCUT2D eigenvalue weighted by Gasteiger charge is -2.35. The van der Waals surface area contributed by atoms with Gasteiger partial charge in [-0.05, 0) is 42.5 Å². The van der Waals surface area contributed by atoms with Crippen LogP contribution in [0.1, 0.15) is 28.8 Å². The normalized spacial score (nSPS) is 13.7. The molecule has 0 radical (unpaired) electrons. The third kappa shape index (κ3) is 5.47. The van der Waals surface area contributed by atoms with Crippen LogP contribution in [0.15, 0.2) is 54.6 Å². The van der Waals surface area contributed by atoms with E-state index in [1.807, 2.05) is 0 Å². The number of piperidine rings is 1. The summed E-state index contributed by atoms with van der Waals surface area (Å²) in [6.07, 6.45) is 0.942. The first-order valence-corrected chi connectivity index (χ1v) is 11.3. The Balaban J connectivity index is 1.51. The van der Waals surface area contributed by atoms with Crippen LogP contribution in [0.3, 0.4) is 0 Å². The van der Waals surface area contributed by atoms with E-state index in [1.54, 1.807) is 36.4 Å². The number of carbonyl (C=O) groups excluding carboxylic acids is 1. The second kappa shape index (κ2) is 10.6. The van der Waals surface area contributed by atoms with E-state index in [2.05, 4.69) is 16.3 Å². The molecule has 3 aromatic carbocycles. The number of anilines is 2. The molecule has 1 amide bonds. The summed E-state index contributed by atoms with van der Waals surface area (Å²) in [5, 5.41) is 12.6. The van der Waals surface area contributed by atoms with E-state index in [9.17, 15) is 18.8 Å². The SMILES string of the molecule is COc1c(Cl)cccc1C(=O)Nc1cc(C#N)ccc1N1CCC(Oc2ccc(F)cc2F)CC1. The fraction of sp³-hybridized carbons (Fsp3) is 0.231. The van der Waals surface area contributed by atoms with Crippen molar-refractivity contribution < 1.29 is 23.0 Å². The molecular weight excluding hydrogens is 476 g/mol. The Morgan fingerprint density at radius 1 is 1.14 bits per heavy atom. The molecule has 1 saturated heterocycles. The van der Waals surface area contributed by atoms with Crippen molar-refractivity contribution in [3.05, 3.63) is 82.4 Å². The van der Waals surface area contributed by atoms with E-state index in [0.29, 0.717) is 42.2 Å². The van der Waals surface area contributed by atoms with E-state index in [4.69, 9.17) is 21.1 Å². The van der Waals surface area contributed by atoms with Gasteiger partial charge in [0, 0.05) is 32.0 Å². The molecule has 1 N–H and O–H groups in total. The minimum Gasteiger partial charge on any atom is -0.494 e. The van der Waals surface area contributed by atoms with Gasteiger partial charge in [0.25, 0.3) is 5.91 Å². The smallest absolute Gasteiger partial charge is 0.259 e. The van der Waals surface area contributed by atoms with Crippen molar-refractivity contribution in [1.82, 2.24) is 0 Å². The largest absolute Gasteiger partial charge is 0.494 e. The van der Waals surface area contributed by atoms with Crippen LogP contribution in [0.2, 0.25) is 5.02 Å². The maximum atomic E-state index is 14.0. The Morgan fingerprint density at radius 2 is 1.91 bits per heavy atom. The van der Waals surface area contributed by atoms with Gasteiger partial charge in [0.1, 0.15) is 17.7 Å². The zero-order valence-corrected chi connectivity index (χ0v) is 19.6. The number of nitriles is 1. The molecule has 6 nitrogen and oxygen atoms in total. The Hall–Kier alpha value is -3.83. The number of methoxy groups -OCH3 is 1. The van der Waals surface area contributed by atoms with Gasteiger partial charge in [-0.3, -0.25) is 4.79 Å². The summed E-state index contributed by atoms with van der Waals surface area (Å²) in [7, 11) is 1.43. The molecule has 0 aliphatic carbocycles. The summed E-state index contributed by atoms with van der Waals surface area (Å²) in [5.41, 5.74) is 1.87. The zero-order valence-electron chi connectivity index (χ0n) is 18.9. The molecule has 180 valence electrons. The number of halogens is 3. The lowest BCUT2D eigenvalue weighted by Crippen LogP contribution is -2.38. The van der Waals surface area contributed by atoms with Crippen molar-refractivity contribution >= 4 is 28.9 Å². The molecular formula is C26H22ClF2N3O3. The summed E-state index contributed by atoms with van der Waals surface area (Å²) in [6.45, 7) is 1.14. The quantitative estimate of drug-likeness (QED) is 0.466. The molecule has 1 aliphatic rings. The van der Waals surface area contributed by atoms with Crippen LogP contribution in [0, 0.1) is 23.0 Å². The molecule has 1 fully saturated rings. The number of amides is 1. The summed E-state index contributed by atoms with van der Waals surface area (Å²) in [6, 6.07) is 15.3. The second-order valence-corrected chi connectivity index (χ2v) is 8.40. The summed E-state index contributed by atoms with van der Waals surface area (Å²) < 4.78 is 38.1. The van der Waals surface area contributed by atoms with E-state index in [-0.39, 0.29) is 23.2 Å². The molecule has 0 bridgehead atoms. The number of carbonyl (C=O) groups is 1. The van der Waals surface area contributed by atoms with Crippen LogP contribution in [0.4, 0.5) is 20.2 Å². The molecule has 0 saturated carbocycles. The fourth-order valence-corrected chi connectivity index (χ4v) is 4.28. The monoisotopic (exact) mass is 497 g/mol. The van der Waals surface area contributed by atoms with Crippen LogP contribution < -0.4 is 19.7 Å². The molecule has 9 heteroatoms. The standard InChI is InChI=1S/C26H22ClF2N3O3/c1-34-25-19(3-2-4-20(25)27)26(33)31-22-13-16(15-30)5-7-23(22)32-11-9-18(10-12-32)35-24-8-6-17(28)14-21(24)29/h2-8,13-14,18H,9-12H2,1H3,(H,31,33). The number of nitrogens with one attached hydrogen (secondary N) is 1. The number of benzene rings is 3. The van der Waals surface area contributed by atoms with Crippen molar-refractivity contribution in [1.29, 1.82) is 5.26 Å². The Morgan fingerprint density at radius 3 is 2.60 bits per heavy atom. The van der Waals surface area contributed by atoms with Crippen LogP contribution in [0.5, 0.6) is 11.5 Å². The van der Waals surface area contributed by atoms with Crippen LogP contribution in [0.25, 0.3) is 0 Å². The number of hydrogen-bond donors (Lipinski definition) is 1. The highest BCUT2D eigenvalue weighted by Gasteiger charge is 2.25. The van der Waals surface area contributed by atoms with Gasteiger partial charge in [0.05, 0.1) is 40.7 Å². The molecule has 0 aromatic heterocycles. The Kier molecular flexibility index (Phi) is 7.37. The number of nitrogens with zero attached hydrogens (tertiary/aromatic N) is 2. The minimum atomic E-state index is -0.735. The maximum Gasteiger partial charge on any atom is 0.259 e. The predicted molar refractivity (Wildman–Crippen MR) is 129 cm³/mol. The van der Waals surface area contributed by atoms with Crippen molar-refractivity contribution in [2.75, 3.05) is 30.4 Å². The number of rotatable bonds is 6. The highest BCUT2D eigenvalue weighted by atomic mass is 35.5. The third-order valence-corrected chi connectivity index (χ3v) is 6.06. The van der Waals surface area contributed by atoms with Crippen molar-refractivity contribution in [3.63, 3.8) is 0 Å². The molecule has 35 heavy (non-hydrogen) atoms. The summed E-state index contributed by atoms with van der Waals surface area (Å²) >= 11 is 6.16. The van der Waals surface area contributed by atoms with Crippen LogP contribution in [-0.2, 0) is 0 Å². The molecule has 1 aliphatic heterocycles. The van der Waals surface area contributed by atoms with Crippen molar-refractivity contribution in [2.24, 2.45) is 0 Å². The van der Waals surface area contributed by atoms with Crippen LogP contribution >= 0.6 is 11.6 Å². The molecule has 3 aromatic rings. The average molecular weight is 498 g/mol. The van der Waals surface area contributed by atoms with Crippen molar-refractivity contribution in [3.8, 4) is 17.6 Å². The molecule has 0 spiro atoms. The summed E-state index contributed by atoms with van der Waals surface area (Å²) in [5.74, 6) is -1.54. The second-order valence-electron chi connectivity index (χ2n) is 8.00. The van der Waals surface area contributed by atoms with Gasteiger partial charge in [-0.25, -0.2) is 8.78 Å². The lowest BCUT2D eigenvalue weighted by atomic mass is 10.0. The van der Waals surface area contributed by atoms with Gasteiger partial charge in [0.15, 0.2) is 11.6 Å². The topological polar surface area (TPSA) is 74.6 Å². The van der Waals surface area contributed by atoms with Gasteiger partial charge in [0.2, 0.25) is 0 Å². The number of hydrogen-bond acceptors (Lipinski definition) is 5. The highest BCUT2D eigenvalue weighted by Crippen LogP contribution is 2.33. The highest BCUT2D eigenvalue weighted by molar-refractivity contribution is 6.32. The first-order chi connectivity index (χ1) is 16.9. The Bertz CT molecular complexity index is 1290. The average Bonchev–Trinajstić information content (AvgIpc) is 2.86. The van der Waals surface area contributed by atoms with Crippen LogP contribution in [-0.4, -0.2) is 32.2 Å². The van der Waals surface area contributed by atoms with Crippen molar-refractivity contribution in [2.45, 2.75) is 18.9 Å². The van der Waals surface area contributed by atoms with E-state index < -0.39 is 17.5 Å². The first kappa shape index (κ1) is 24.3. The number of ether oxygens (including phenoxy) is 2. The van der Waals surface area contributed by atoms with E-state index in [1.165, 1.54) is 13.2 Å². The van der Waals surface area contributed by atoms with Gasteiger partial charge in [-0.15, -0.1) is 0 Å². The maximum absolute atomic E-state index is 14.0. The van der Waals surface area contributed by atoms with Gasteiger partial charge < -0.3 is 19.7 Å². The van der Waals surface area contributed by atoms with E-state index >= 15 is 0 Å². The third-order valence-electron chi connectivity index (χ3n) is 5.76. The zero-order chi connectivity index (χ0) is 24.9. The molecule has 1 heterocycles. The first-order valence-electron chi connectivity index (χ1n) is 10.9. The van der Waals surface area contributed by atoms with Gasteiger partial charge in [-0.1, -0.05) is 17.7 Å². The Labute approximate surface area is 206 Å². The minimum absolute atomic E-state index is 0.0200. The van der Waals surface area contributed by atoms with E-state index in [0.717, 1.165) is 17.8 Å². The fourth-order valence-electron chi connectivity index (χ4n) is 4.03. The molecule has 0 atom stereocenters. The molecule has 4 rings (SSSR count). The lowest BCUT2D eigenvalue weighted by molar-refractivity contribution is 0.102. The summed E-state index contributed by atoms with van der Waals surface area (Å²) in [4.78, 5) is 15.1. The van der Waals surface area contributed by atoms with Gasteiger partial charge in [-0.2, -0.15) is 5.26 Å².